The minimum Gasteiger partial charge on any atom is -0.444 e. The van der Waals surface area contributed by atoms with Crippen LogP contribution >= 0.6 is 0 Å². The summed E-state index contributed by atoms with van der Waals surface area (Å²) in [6, 6.07) is 0. The first-order valence-electron chi connectivity index (χ1n) is 5.77. The van der Waals surface area contributed by atoms with Crippen molar-refractivity contribution in [2.45, 2.75) is 39.2 Å². The second-order valence-electron chi connectivity index (χ2n) is 5.26. The van der Waals surface area contributed by atoms with E-state index in [-0.39, 0.29) is 24.2 Å². The summed E-state index contributed by atoms with van der Waals surface area (Å²) in [6.07, 6.45) is 5.57. The highest BCUT2D eigenvalue weighted by atomic mass is 16.6. The number of terminal acetylenes is 1. The van der Waals surface area contributed by atoms with Crippen LogP contribution in [0.3, 0.4) is 0 Å². The topological polar surface area (TPSA) is 46.6 Å². The minimum absolute atomic E-state index is 0.0403. The van der Waals surface area contributed by atoms with Crippen LogP contribution in [-0.4, -0.2) is 35.5 Å². The first-order chi connectivity index (χ1) is 7.83. The van der Waals surface area contributed by atoms with E-state index in [9.17, 15) is 9.59 Å². The van der Waals surface area contributed by atoms with Crippen LogP contribution in [0.15, 0.2) is 0 Å². The lowest BCUT2D eigenvalue weighted by molar-refractivity contribution is -0.121. The van der Waals surface area contributed by atoms with E-state index in [1.165, 1.54) is 0 Å². The van der Waals surface area contributed by atoms with Gasteiger partial charge in [-0.15, -0.1) is 6.42 Å². The van der Waals surface area contributed by atoms with Gasteiger partial charge in [-0.3, -0.25) is 4.79 Å². The van der Waals surface area contributed by atoms with E-state index in [4.69, 9.17) is 11.2 Å². The number of hydrogen-bond donors (Lipinski definition) is 0. The fourth-order valence-corrected chi connectivity index (χ4v) is 1.76. The van der Waals surface area contributed by atoms with Gasteiger partial charge < -0.3 is 9.64 Å². The Kier molecular flexibility index (Phi) is 4.17. The van der Waals surface area contributed by atoms with Crippen molar-refractivity contribution >= 4 is 11.9 Å². The lowest BCUT2D eigenvalue weighted by atomic mass is 10.0. The van der Waals surface area contributed by atoms with Gasteiger partial charge in [0.15, 0.2) is 0 Å². The van der Waals surface area contributed by atoms with Crippen LogP contribution < -0.4 is 0 Å². The van der Waals surface area contributed by atoms with Crippen LogP contribution in [0.2, 0.25) is 0 Å². The van der Waals surface area contributed by atoms with Crippen LogP contribution in [-0.2, 0) is 9.53 Å². The normalized spacial score (nSPS) is 19.9. The fourth-order valence-electron chi connectivity index (χ4n) is 1.76. The minimum atomic E-state index is -0.502. The number of likely N-dealkylation sites (tertiary alicyclic amines) is 1. The van der Waals surface area contributed by atoms with Crippen molar-refractivity contribution in [1.29, 1.82) is 0 Å². The predicted molar refractivity (Wildman–Crippen MR) is 64.4 cm³/mol. The number of Topliss-reactive ketones (excluding diaryl/α,β-unsaturated/α-hetero) is 1. The van der Waals surface area contributed by atoms with Gasteiger partial charge in [-0.1, -0.05) is 5.92 Å². The first kappa shape index (κ1) is 13.6. The summed E-state index contributed by atoms with van der Waals surface area (Å²) in [5.74, 6) is 2.26. The van der Waals surface area contributed by atoms with Crippen molar-refractivity contribution < 1.29 is 14.3 Å². The molecule has 0 aromatic rings. The van der Waals surface area contributed by atoms with E-state index in [2.05, 4.69) is 5.92 Å². The summed E-state index contributed by atoms with van der Waals surface area (Å²) in [7, 11) is 0. The molecule has 0 radical (unpaired) electrons. The molecule has 94 valence electrons. The summed E-state index contributed by atoms with van der Waals surface area (Å²) >= 11 is 0. The van der Waals surface area contributed by atoms with Crippen molar-refractivity contribution in [1.82, 2.24) is 4.90 Å². The molecular weight excluding hydrogens is 218 g/mol. The van der Waals surface area contributed by atoms with Gasteiger partial charge in [-0.05, 0) is 27.2 Å². The van der Waals surface area contributed by atoms with E-state index in [0.29, 0.717) is 19.5 Å². The van der Waals surface area contributed by atoms with Gasteiger partial charge in [0.05, 0.1) is 6.42 Å². The summed E-state index contributed by atoms with van der Waals surface area (Å²) in [6.45, 7) is 6.46. The molecule has 0 spiro atoms. The molecule has 0 aromatic heterocycles. The van der Waals surface area contributed by atoms with Crippen molar-refractivity contribution in [3.63, 3.8) is 0 Å². The Balaban J connectivity index is 2.48. The fraction of sp³-hybridized carbons (Fsp3) is 0.692. The summed E-state index contributed by atoms with van der Waals surface area (Å²) in [4.78, 5) is 24.9. The number of carbonyl (C=O) groups excluding carboxylic acids is 2. The molecular formula is C13H19NO3. The van der Waals surface area contributed by atoms with Gasteiger partial charge in [0.1, 0.15) is 11.4 Å². The van der Waals surface area contributed by atoms with Crippen LogP contribution in [0.5, 0.6) is 0 Å². The number of amides is 1. The van der Waals surface area contributed by atoms with Crippen molar-refractivity contribution in [3.05, 3.63) is 0 Å². The highest BCUT2D eigenvalue weighted by Crippen LogP contribution is 2.20. The Labute approximate surface area is 102 Å². The average molecular weight is 237 g/mol. The number of rotatable bonds is 2. The predicted octanol–water partition coefficient (Wildman–Crippen LogP) is 1.84. The lowest BCUT2D eigenvalue weighted by Gasteiger charge is -2.24. The van der Waals surface area contributed by atoms with Crippen LogP contribution in [0.4, 0.5) is 4.79 Å². The van der Waals surface area contributed by atoms with Gasteiger partial charge in [-0.2, -0.15) is 0 Å². The van der Waals surface area contributed by atoms with Crippen molar-refractivity contribution in [3.8, 4) is 12.3 Å². The van der Waals surface area contributed by atoms with E-state index < -0.39 is 5.60 Å². The maximum absolute atomic E-state index is 11.7. The highest BCUT2D eigenvalue weighted by molar-refractivity contribution is 5.84. The molecule has 4 nitrogen and oxygen atoms in total. The molecule has 0 aliphatic carbocycles. The van der Waals surface area contributed by atoms with Crippen molar-refractivity contribution in [2.75, 3.05) is 13.1 Å². The Morgan fingerprint density at radius 1 is 1.47 bits per heavy atom. The Morgan fingerprint density at radius 2 is 2.12 bits per heavy atom. The highest BCUT2D eigenvalue weighted by Gasteiger charge is 2.32. The molecule has 1 heterocycles. The number of carbonyl (C=O) groups is 2. The molecule has 1 rings (SSSR count). The van der Waals surface area contributed by atoms with Gasteiger partial charge in [0, 0.05) is 19.0 Å². The third-order valence-corrected chi connectivity index (χ3v) is 2.57. The number of ether oxygens (including phenoxy) is 1. The smallest absolute Gasteiger partial charge is 0.410 e. The van der Waals surface area contributed by atoms with Gasteiger partial charge in [0.25, 0.3) is 0 Å². The summed E-state index contributed by atoms with van der Waals surface area (Å²) < 4.78 is 5.25. The Morgan fingerprint density at radius 3 is 2.65 bits per heavy atom. The molecule has 0 bridgehead atoms. The molecule has 1 atom stereocenters. The molecule has 1 saturated heterocycles. The number of ketones is 1. The zero-order valence-corrected chi connectivity index (χ0v) is 10.7. The molecule has 0 N–H and O–H groups in total. The molecule has 4 heteroatoms. The van der Waals surface area contributed by atoms with Crippen LogP contribution in [0.1, 0.15) is 33.6 Å². The second-order valence-corrected chi connectivity index (χ2v) is 5.26. The Bertz CT molecular complexity index is 349. The van der Waals surface area contributed by atoms with Crippen molar-refractivity contribution in [2.24, 2.45) is 5.92 Å². The van der Waals surface area contributed by atoms with Crippen LogP contribution in [0, 0.1) is 18.3 Å². The third kappa shape index (κ3) is 4.10. The SMILES string of the molecule is C#CCC(=O)[C@@H]1CCN(C(=O)OC(C)(C)C)C1. The third-order valence-electron chi connectivity index (χ3n) is 2.57. The molecule has 0 aromatic carbocycles. The molecule has 0 unspecified atom stereocenters. The Hall–Kier alpha value is -1.50. The quantitative estimate of drug-likeness (QED) is 0.688. The largest absolute Gasteiger partial charge is 0.444 e. The molecule has 1 amide bonds. The number of hydrogen-bond acceptors (Lipinski definition) is 3. The zero-order valence-electron chi connectivity index (χ0n) is 10.7. The molecule has 17 heavy (non-hydrogen) atoms. The lowest BCUT2D eigenvalue weighted by Crippen LogP contribution is -2.35. The molecule has 1 aliphatic heterocycles. The monoisotopic (exact) mass is 237 g/mol. The van der Waals surface area contributed by atoms with E-state index in [1.54, 1.807) is 4.90 Å². The van der Waals surface area contributed by atoms with Gasteiger partial charge in [0.2, 0.25) is 0 Å². The average Bonchev–Trinajstić information content (AvgIpc) is 2.63. The van der Waals surface area contributed by atoms with Gasteiger partial charge in [-0.25, -0.2) is 4.79 Å². The standard InChI is InChI=1S/C13H19NO3/c1-5-6-11(15)10-7-8-14(9-10)12(16)17-13(2,3)4/h1,10H,6-9H2,2-4H3/t10-/m1/s1. The van der Waals surface area contributed by atoms with E-state index >= 15 is 0 Å². The molecule has 1 fully saturated rings. The van der Waals surface area contributed by atoms with Crippen LogP contribution in [0.25, 0.3) is 0 Å². The first-order valence-corrected chi connectivity index (χ1v) is 5.77. The second kappa shape index (κ2) is 5.22. The molecule has 1 aliphatic rings. The maximum atomic E-state index is 11.7. The van der Waals surface area contributed by atoms with E-state index in [0.717, 1.165) is 0 Å². The van der Waals surface area contributed by atoms with E-state index in [1.807, 2.05) is 20.8 Å². The zero-order chi connectivity index (χ0) is 13.1. The maximum Gasteiger partial charge on any atom is 0.410 e. The van der Waals surface area contributed by atoms with Gasteiger partial charge >= 0.3 is 6.09 Å². The molecule has 0 saturated carbocycles. The summed E-state index contributed by atoms with van der Waals surface area (Å²) in [5.41, 5.74) is -0.502. The summed E-state index contributed by atoms with van der Waals surface area (Å²) in [5, 5.41) is 0. The number of nitrogens with zero attached hydrogens (tertiary/aromatic N) is 1.